The Labute approximate surface area is 148 Å². The molecule has 0 fully saturated rings. The summed E-state index contributed by atoms with van der Waals surface area (Å²) in [6.45, 7) is 3.68. The number of nitrogens with zero attached hydrogens (tertiary/aromatic N) is 1. The molecule has 0 saturated heterocycles. The van der Waals surface area contributed by atoms with Crippen LogP contribution < -0.4 is 5.32 Å². The van der Waals surface area contributed by atoms with Crippen molar-refractivity contribution >= 4 is 18.0 Å². The monoisotopic (exact) mass is 350 g/mol. The van der Waals surface area contributed by atoms with Gasteiger partial charge in [-0.25, -0.2) is 9.59 Å². The molecule has 0 spiro atoms. The predicted molar refractivity (Wildman–Crippen MR) is 92.7 cm³/mol. The fourth-order valence-corrected chi connectivity index (χ4v) is 2.12. The molecular weight excluding hydrogens is 324 g/mol. The lowest BCUT2D eigenvalue weighted by Crippen LogP contribution is -2.49. The van der Waals surface area contributed by atoms with Crippen molar-refractivity contribution in [3.8, 4) is 0 Å². The molecule has 1 N–H and O–H groups in total. The molecule has 2 atom stereocenters. The number of benzene rings is 1. The third-order valence-electron chi connectivity index (χ3n) is 3.88. The second-order valence-electron chi connectivity index (χ2n) is 5.85. The van der Waals surface area contributed by atoms with E-state index >= 15 is 0 Å². The van der Waals surface area contributed by atoms with E-state index in [1.165, 1.54) is 14.2 Å². The Hall–Kier alpha value is -2.57. The summed E-state index contributed by atoms with van der Waals surface area (Å²) in [7, 11) is 2.74. The molecule has 2 unspecified atom stereocenters. The number of ether oxygens (including phenoxy) is 2. The predicted octanol–water partition coefficient (Wildman–Crippen LogP) is 1.96. The third-order valence-corrected chi connectivity index (χ3v) is 3.88. The van der Waals surface area contributed by atoms with Crippen LogP contribution in [0, 0.1) is 5.92 Å². The van der Waals surface area contributed by atoms with Gasteiger partial charge in [0.25, 0.3) is 0 Å². The fraction of sp³-hybridized carbons (Fsp3) is 0.500. The lowest BCUT2D eigenvalue weighted by molar-refractivity contribution is -0.146. The van der Waals surface area contributed by atoms with Gasteiger partial charge in [-0.1, -0.05) is 50.6 Å². The number of carbonyl (C=O) groups is 3. The zero-order valence-corrected chi connectivity index (χ0v) is 15.2. The van der Waals surface area contributed by atoms with E-state index < -0.39 is 24.0 Å². The molecule has 1 aromatic carbocycles. The summed E-state index contributed by atoms with van der Waals surface area (Å²) in [6, 6.07) is 8.51. The molecule has 0 bridgehead atoms. The molecule has 1 aromatic rings. The van der Waals surface area contributed by atoms with Gasteiger partial charge in [0.2, 0.25) is 5.91 Å². The van der Waals surface area contributed by atoms with Crippen molar-refractivity contribution in [1.29, 1.82) is 0 Å². The second-order valence-corrected chi connectivity index (χ2v) is 5.85. The van der Waals surface area contributed by atoms with E-state index in [0.717, 1.165) is 10.5 Å². The highest BCUT2D eigenvalue weighted by Crippen LogP contribution is 2.09. The van der Waals surface area contributed by atoms with E-state index in [9.17, 15) is 14.4 Å². The zero-order chi connectivity index (χ0) is 18.8. The number of methoxy groups -OCH3 is 1. The van der Waals surface area contributed by atoms with Gasteiger partial charge in [0.15, 0.2) is 0 Å². The lowest BCUT2D eigenvalue weighted by Gasteiger charge is -2.23. The Morgan fingerprint density at radius 2 is 1.84 bits per heavy atom. The highest BCUT2D eigenvalue weighted by molar-refractivity contribution is 5.87. The van der Waals surface area contributed by atoms with E-state index in [1.807, 2.05) is 44.2 Å². The first-order chi connectivity index (χ1) is 11.9. The van der Waals surface area contributed by atoms with Crippen LogP contribution in [-0.4, -0.2) is 49.6 Å². The van der Waals surface area contributed by atoms with Gasteiger partial charge in [-0.05, 0) is 11.5 Å². The highest BCUT2D eigenvalue weighted by atomic mass is 16.6. The molecule has 0 aliphatic rings. The van der Waals surface area contributed by atoms with Crippen LogP contribution in [0.1, 0.15) is 25.8 Å². The zero-order valence-electron chi connectivity index (χ0n) is 15.2. The average molecular weight is 350 g/mol. The Morgan fingerprint density at radius 1 is 1.20 bits per heavy atom. The van der Waals surface area contributed by atoms with Gasteiger partial charge in [0.05, 0.1) is 7.11 Å². The Balaban J connectivity index is 2.50. The summed E-state index contributed by atoms with van der Waals surface area (Å²) in [6.07, 6.45) is 0.0896. The number of hydrogen-bond acceptors (Lipinski definition) is 5. The van der Waals surface area contributed by atoms with Gasteiger partial charge in [-0.2, -0.15) is 0 Å². The number of nitrogens with one attached hydrogen (secondary N) is 1. The summed E-state index contributed by atoms with van der Waals surface area (Å²) >= 11 is 0. The van der Waals surface area contributed by atoms with Gasteiger partial charge in [0.1, 0.15) is 19.2 Å². The van der Waals surface area contributed by atoms with Crippen LogP contribution in [0.5, 0.6) is 0 Å². The van der Waals surface area contributed by atoms with Crippen molar-refractivity contribution in [2.45, 2.75) is 32.9 Å². The van der Waals surface area contributed by atoms with E-state index in [-0.39, 0.29) is 19.1 Å². The van der Waals surface area contributed by atoms with Crippen LogP contribution in [0.3, 0.4) is 0 Å². The first-order valence-corrected chi connectivity index (χ1v) is 8.18. The van der Waals surface area contributed by atoms with Crippen molar-refractivity contribution in [2.24, 2.45) is 5.92 Å². The molecule has 0 radical (unpaired) electrons. The Kier molecular flexibility index (Phi) is 8.46. The molecule has 0 aliphatic heterocycles. The van der Waals surface area contributed by atoms with Gasteiger partial charge in [-0.3, -0.25) is 4.79 Å². The molecule has 0 heterocycles. The van der Waals surface area contributed by atoms with E-state index in [2.05, 4.69) is 5.32 Å². The topological polar surface area (TPSA) is 84.9 Å². The van der Waals surface area contributed by atoms with Crippen LogP contribution in [-0.2, 0) is 25.7 Å². The lowest BCUT2D eigenvalue weighted by atomic mass is 9.99. The number of esters is 1. The van der Waals surface area contributed by atoms with Gasteiger partial charge >= 0.3 is 12.1 Å². The normalized spacial score (nSPS) is 12.6. The Morgan fingerprint density at radius 3 is 2.40 bits per heavy atom. The van der Waals surface area contributed by atoms with E-state index in [1.54, 1.807) is 0 Å². The number of hydrogen-bond donors (Lipinski definition) is 1. The van der Waals surface area contributed by atoms with E-state index in [4.69, 9.17) is 9.47 Å². The van der Waals surface area contributed by atoms with Crippen LogP contribution >= 0.6 is 0 Å². The van der Waals surface area contributed by atoms with Crippen molar-refractivity contribution in [2.75, 3.05) is 20.7 Å². The number of rotatable bonds is 8. The molecule has 0 saturated carbocycles. The minimum absolute atomic E-state index is 0.0771. The summed E-state index contributed by atoms with van der Waals surface area (Å²) in [5.74, 6) is -1.03. The molecule has 0 aliphatic carbocycles. The maximum atomic E-state index is 12.1. The quantitative estimate of drug-likeness (QED) is 0.725. The number of likely N-dealkylation sites (N-methyl/N-ethyl adjacent to an activating group) is 1. The van der Waals surface area contributed by atoms with Gasteiger partial charge < -0.3 is 19.7 Å². The van der Waals surface area contributed by atoms with Crippen LogP contribution in [0.2, 0.25) is 0 Å². The summed E-state index contributed by atoms with van der Waals surface area (Å²) in [5.41, 5.74) is 0.858. The van der Waals surface area contributed by atoms with Crippen LogP contribution in [0.15, 0.2) is 30.3 Å². The van der Waals surface area contributed by atoms with Crippen molar-refractivity contribution in [3.05, 3.63) is 35.9 Å². The summed E-state index contributed by atoms with van der Waals surface area (Å²) in [5, 5.41) is 2.62. The minimum Gasteiger partial charge on any atom is -0.467 e. The molecular formula is C18H26N2O5. The number of amides is 2. The van der Waals surface area contributed by atoms with Gasteiger partial charge in [-0.15, -0.1) is 0 Å². The highest BCUT2D eigenvalue weighted by Gasteiger charge is 2.27. The first kappa shape index (κ1) is 20.5. The maximum absolute atomic E-state index is 12.1. The standard InChI is InChI=1S/C18H26N2O5/c1-5-13(2)16(17(22)24-4)19-15(21)11-20(3)18(23)25-12-14-9-7-6-8-10-14/h6-10,13,16H,5,11-12H2,1-4H3,(H,19,21). The molecule has 138 valence electrons. The summed E-state index contributed by atoms with van der Waals surface area (Å²) in [4.78, 5) is 37.0. The molecule has 2 amide bonds. The average Bonchev–Trinajstić information content (AvgIpc) is 2.63. The molecule has 7 heteroatoms. The number of carbonyl (C=O) groups excluding carboxylic acids is 3. The third kappa shape index (κ3) is 6.82. The van der Waals surface area contributed by atoms with Crippen molar-refractivity contribution in [3.63, 3.8) is 0 Å². The SMILES string of the molecule is CCC(C)C(NC(=O)CN(C)C(=O)OCc1ccccc1)C(=O)OC. The molecule has 1 rings (SSSR count). The second kappa shape index (κ2) is 10.3. The Bertz CT molecular complexity index is 576. The van der Waals surface area contributed by atoms with E-state index in [0.29, 0.717) is 6.42 Å². The van der Waals surface area contributed by atoms with Crippen molar-refractivity contribution in [1.82, 2.24) is 10.2 Å². The first-order valence-electron chi connectivity index (χ1n) is 8.18. The molecule has 25 heavy (non-hydrogen) atoms. The van der Waals surface area contributed by atoms with Crippen LogP contribution in [0.25, 0.3) is 0 Å². The van der Waals surface area contributed by atoms with Gasteiger partial charge in [0, 0.05) is 7.05 Å². The van der Waals surface area contributed by atoms with Crippen LogP contribution in [0.4, 0.5) is 4.79 Å². The largest absolute Gasteiger partial charge is 0.467 e. The molecule has 7 nitrogen and oxygen atoms in total. The fourth-order valence-electron chi connectivity index (χ4n) is 2.12. The maximum Gasteiger partial charge on any atom is 0.410 e. The summed E-state index contributed by atoms with van der Waals surface area (Å²) < 4.78 is 9.87. The molecule has 0 aromatic heterocycles. The smallest absolute Gasteiger partial charge is 0.410 e. The minimum atomic E-state index is -0.740. The van der Waals surface area contributed by atoms with Crippen molar-refractivity contribution < 1.29 is 23.9 Å².